The number of halogens is 2. The van der Waals surface area contributed by atoms with E-state index in [9.17, 15) is 0 Å². The SMILES string of the molecule is CNC(c1ccc(Cl)cc1)c1ccoc1Br. The zero-order valence-electron chi connectivity index (χ0n) is 8.71. The Hall–Kier alpha value is -0.770. The predicted octanol–water partition coefficient (Wildman–Crippen LogP) is 4.00. The average Bonchev–Trinajstić information content (AvgIpc) is 2.69. The van der Waals surface area contributed by atoms with Gasteiger partial charge in [-0.05, 0) is 46.7 Å². The molecule has 2 nitrogen and oxygen atoms in total. The molecule has 0 radical (unpaired) electrons. The van der Waals surface area contributed by atoms with Gasteiger partial charge >= 0.3 is 0 Å². The highest BCUT2D eigenvalue weighted by Crippen LogP contribution is 2.29. The summed E-state index contributed by atoms with van der Waals surface area (Å²) in [6.45, 7) is 0. The fourth-order valence-corrected chi connectivity index (χ4v) is 2.26. The maximum Gasteiger partial charge on any atom is 0.174 e. The van der Waals surface area contributed by atoms with Gasteiger partial charge in [-0.3, -0.25) is 0 Å². The normalized spacial score (nSPS) is 12.7. The first kappa shape index (κ1) is 11.7. The minimum atomic E-state index is 0.102. The second kappa shape index (κ2) is 5.04. The van der Waals surface area contributed by atoms with Crippen molar-refractivity contribution in [2.75, 3.05) is 7.05 Å². The summed E-state index contributed by atoms with van der Waals surface area (Å²) in [5, 5.41) is 3.99. The Kier molecular flexibility index (Phi) is 3.69. The standard InChI is InChI=1S/C12H11BrClNO/c1-15-11(10-6-7-16-12(10)13)8-2-4-9(14)5-3-8/h2-7,11,15H,1H3. The molecule has 0 amide bonds. The van der Waals surface area contributed by atoms with Crippen LogP contribution in [0.1, 0.15) is 17.2 Å². The summed E-state index contributed by atoms with van der Waals surface area (Å²) in [6.07, 6.45) is 1.67. The summed E-state index contributed by atoms with van der Waals surface area (Å²) < 4.78 is 5.99. The maximum absolute atomic E-state index is 5.87. The van der Waals surface area contributed by atoms with Gasteiger partial charge in [0, 0.05) is 10.6 Å². The van der Waals surface area contributed by atoms with Gasteiger partial charge in [-0.15, -0.1) is 0 Å². The van der Waals surface area contributed by atoms with Crippen LogP contribution in [-0.4, -0.2) is 7.05 Å². The van der Waals surface area contributed by atoms with E-state index in [0.29, 0.717) is 0 Å². The molecule has 1 unspecified atom stereocenters. The molecule has 4 heteroatoms. The van der Waals surface area contributed by atoms with Crippen molar-refractivity contribution in [2.45, 2.75) is 6.04 Å². The summed E-state index contributed by atoms with van der Waals surface area (Å²) in [5.41, 5.74) is 2.22. The Morgan fingerprint density at radius 1 is 1.25 bits per heavy atom. The average molecular weight is 301 g/mol. The minimum absolute atomic E-state index is 0.102. The third-order valence-corrected chi connectivity index (χ3v) is 3.35. The second-order valence-electron chi connectivity index (χ2n) is 3.42. The van der Waals surface area contributed by atoms with E-state index in [4.69, 9.17) is 16.0 Å². The maximum atomic E-state index is 5.87. The van der Waals surface area contributed by atoms with E-state index in [1.807, 2.05) is 37.4 Å². The van der Waals surface area contributed by atoms with E-state index < -0.39 is 0 Å². The molecule has 0 aliphatic heterocycles. The molecule has 16 heavy (non-hydrogen) atoms. The first-order valence-corrected chi connectivity index (χ1v) is 6.05. The third-order valence-electron chi connectivity index (χ3n) is 2.45. The summed E-state index contributed by atoms with van der Waals surface area (Å²) in [4.78, 5) is 0. The van der Waals surface area contributed by atoms with Gasteiger partial charge in [0.05, 0.1) is 12.3 Å². The van der Waals surface area contributed by atoms with Crippen LogP contribution in [0.25, 0.3) is 0 Å². The zero-order valence-corrected chi connectivity index (χ0v) is 11.0. The van der Waals surface area contributed by atoms with Crippen LogP contribution in [0.2, 0.25) is 5.02 Å². The first-order valence-electron chi connectivity index (χ1n) is 4.88. The highest BCUT2D eigenvalue weighted by atomic mass is 79.9. The molecule has 0 saturated heterocycles. The van der Waals surface area contributed by atoms with E-state index in [0.717, 1.165) is 20.8 Å². The molecule has 0 spiro atoms. The van der Waals surface area contributed by atoms with Gasteiger partial charge in [0.15, 0.2) is 4.67 Å². The Labute approximate surface area is 108 Å². The molecule has 2 rings (SSSR count). The molecule has 2 aromatic rings. The van der Waals surface area contributed by atoms with Crippen molar-refractivity contribution in [3.05, 3.63) is 57.4 Å². The van der Waals surface area contributed by atoms with Gasteiger partial charge in [-0.2, -0.15) is 0 Å². The van der Waals surface area contributed by atoms with Crippen molar-refractivity contribution in [3.63, 3.8) is 0 Å². The Morgan fingerprint density at radius 3 is 2.44 bits per heavy atom. The first-order chi connectivity index (χ1) is 7.72. The largest absolute Gasteiger partial charge is 0.457 e. The van der Waals surface area contributed by atoms with Crippen molar-refractivity contribution in [2.24, 2.45) is 0 Å². The molecule has 84 valence electrons. The molecule has 0 aliphatic rings. The van der Waals surface area contributed by atoms with Gasteiger partial charge in [0.25, 0.3) is 0 Å². The Bertz CT molecular complexity index is 466. The third kappa shape index (κ3) is 2.32. The summed E-state index contributed by atoms with van der Waals surface area (Å²) in [5.74, 6) is 0. The van der Waals surface area contributed by atoms with Crippen LogP contribution in [0.15, 0.2) is 45.7 Å². The molecule has 0 aliphatic carbocycles. The predicted molar refractivity (Wildman–Crippen MR) is 68.8 cm³/mol. The topological polar surface area (TPSA) is 25.2 Å². The lowest BCUT2D eigenvalue weighted by molar-refractivity contribution is 0.530. The molecule has 1 atom stereocenters. The van der Waals surface area contributed by atoms with E-state index >= 15 is 0 Å². The van der Waals surface area contributed by atoms with Gasteiger partial charge < -0.3 is 9.73 Å². The monoisotopic (exact) mass is 299 g/mol. The second-order valence-corrected chi connectivity index (χ2v) is 4.58. The van der Waals surface area contributed by atoms with Crippen LogP contribution in [-0.2, 0) is 0 Å². The van der Waals surface area contributed by atoms with Crippen molar-refractivity contribution in [1.82, 2.24) is 5.32 Å². The number of furan rings is 1. The van der Waals surface area contributed by atoms with Gasteiger partial charge in [0.1, 0.15) is 0 Å². The molecule has 1 aromatic carbocycles. The van der Waals surface area contributed by atoms with E-state index in [2.05, 4.69) is 21.2 Å². The highest BCUT2D eigenvalue weighted by Gasteiger charge is 2.16. The van der Waals surface area contributed by atoms with Crippen LogP contribution in [0.4, 0.5) is 0 Å². The fraction of sp³-hybridized carbons (Fsp3) is 0.167. The number of benzene rings is 1. The lowest BCUT2D eigenvalue weighted by Crippen LogP contribution is -2.17. The minimum Gasteiger partial charge on any atom is -0.457 e. The van der Waals surface area contributed by atoms with Gasteiger partial charge in [-0.1, -0.05) is 23.7 Å². The smallest absolute Gasteiger partial charge is 0.174 e. The fourth-order valence-electron chi connectivity index (χ4n) is 1.67. The summed E-state index contributed by atoms with van der Waals surface area (Å²) in [7, 11) is 1.92. The van der Waals surface area contributed by atoms with Gasteiger partial charge in [-0.25, -0.2) is 0 Å². The van der Waals surface area contributed by atoms with Crippen LogP contribution >= 0.6 is 27.5 Å². The van der Waals surface area contributed by atoms with Gasteiger partial charge in [0.2, 0.25) is 0 Å². The van der Waals surface area contributed by atoms with E-state index in [1.54, 1.807) is 6.26 Å². The summed E-state index contributed by atoms with van der Waals surface area (Å²) in [6, 6.07) is 9.82. The molecule has 0 bridgehead atoms. The van der Waals surface area contributed by atoms with Crippen molar-refractivity contribution >= 4 is 27.5 Å². The lowest BCUT2D eigenvalue weighted by Gasteiger charge is -2.15. The van der Waals surface area contributed by atoms with Crippen molar-refractivity contribution < 1.29 is 4.42 Å². The summed E-state index contributed by atoms with van der Waals surface area (Å²) >= 11 is 9.25. The molecular formula is C12H11BrClNO. The molecule has 0 fully saturated rings. The molecule has 1 N–H and O–H groups in total. The van der Waals surface area contributed by atoms with E-state index in [1.165, 1.54) is 0 Å². The quantitative estimate of drug-likeness (QED) is 0.926. The highest BCUT2D eigenvalue weighted by molar-refractivity contribution is 9.10. The Balaban J connectivity index is 2.37. The lowest BCUT2D eigenvalue weighted by atomic mass is 10.0. The molecule has 0 saturated carbocycles. The molecular weight excluding hydrogens is 289 g/mol. The van der Waals surface area contributed by atoms with Crippen LogP contribution in [0.3, 0.4) is 0 Å². The zero-order chi connectivity index (χ0) is 11.5. The van der Waals surface area contributed by atoms with Crippen molar-refractivity contribution in [3.8, 4) is 0 Å². The number of hydrogen-bond acceptors (Lipinski definition) is 2. The van der Waals surface area contributed by atoms with Crippen molar-refractivity contribution in [1.29, 1.82) is 0 Å². The number of hydrogen-bond donors (Lipinski definition) is 1. The number of rotatable bonds is 3. The van der Waals surface area contributed by atoms with Crippen LogP contribution in [0.5, 0.6) is 0 Å². The van der Waals surface area contributed by atoms with E-state index in [-0.39, 0.29) is 6.04 Å². The van der Waals surface area contributed by atoms with Crippen LogP contribution in [0, 0.1) is 0 Å². The molecule has 1 heterocycles. The molecule has 1 aromatic heterocycles. The van der Waals surface area contributed by atoms with Crippen LogP contribution < -0.4 is 5.32 Å². The number of nitrogens with one attached hydrogen (secondary N) is 1. The Morgan fingerprint density at radius 2 is 1.94 bits per heavy atom.